The molecule has 0 spiro atoms. The molecule has 0 heterocycles. The molecule has 0 aliphatic carbocycles. The summed E-state index contributed by atoms with van der Waals surface area (Å²) < 4.78 is 26.5. The molecule has 1 aromatic carbocycles. The smallest absolute Gasteiger partial charge is 0.258 e. The van der Waals surface area contributed by atoms with Crippen LogP contribution in [-0.2, 0) is 10.0 Å². The highest BCUT2D eigenvalue weighted by Gasteiger charge is 2.29. The predicted molar refractivity (Wildman–Crippen MR) is 86.2 cm³/mol. The molecule has 0 radical (unpaired) electrons. The fourth-order valence-corrected chi connectivity index (χ4v) is 3.73. The molecule has 0 aliphatic rings. The van der Waals surface area contributed by atoms with E-state index in [1.807, 2.05) is 19.1 Å². The van der Waals surface area contributed by atoms with Crippen LogP contribution < -0.4 is 0 Å². The van der Waals surface area contributed by atoms with Crippen molar-refractivity contribution in [2.75, 3.05) is 13.1 Å². The number of rotatable bonds is 9. The van der Waals surface area contributed by atoms with Crippen molar-refractivity contribution in [1.82, 2.24) is 4.31 Å². The zero-order chi connectivity index (χ0) is 16.6. The Morgan fingerprint density at radius 3 is 2.50 bits per heavy atom. The molecular formula is C15H22N2O4S. The van der Waals surface area contributed by atoms with Crippen molar-refractivity contribution in [1.29, 1.82) is 0 Å². The Hall–Kier alpha value is -1.73. The van der Waals surface area contributed by atoms with Gasteiger partial charge in [-0.2, -0.15) is 4.31 Å². The Labute approximate surface area is 131 Å². The quantitative estimate of drug-likeness (QED) is 0.302. The molecular weight excluding hydrogens is 304 g/mol. The lowest BCUT2D eigenvalue weighted by molar-refractivity contribution is -0.387. The standard InChI is InChI=1S/C15H22N2O4S/c1-3-5-6-7-10-13-16(4-2)22(20,21)15-12-9-8-11-14(15)17(18)19/h5-6,8-9,11-12H,3-4,7,10,13H2,1-2H3/b6-5-. The van der Waals surface area contributed by atoms with E-state index < -0.39 is 14.9 Å². The molecule has 0 aromatic heterocycles. The van der Waals surface area contributed by atoms with E-state index >= 15 is 0 Å². The van der Waals surface area contributed by atoms with Crippen molar-refractivity contribution in [3.8, 4) is 0 Å². The minimum absolute atomic E-state index is 0.244. The number of nitro benzene ring substituents is 1. The van der Waals surface area contributed by atoms with E-state index in [0.717, 1.165) is 12.8 Å². The first-order chi connectivity index (χ1) is 10.4. The maximum Gasteiger partial charge on any atom is 0.289 e. The van der Waals surface area contributed by atoms with E-state index in [9.17, 15) is 18.5 Å². The van der Waals surface area contributed by atoms with Crippen LogP contribution in [-0.4, -0.2) is 30.7 Å². The van der Waals surface area contributed by atoms with Crippen molar-refractivity contribution in [3.63, 3.8) is 0 Å². The Kier molecular flexibility index (Phi) is 7.20. The normalized spacial score (nSPS) is 12.1. The number of benzene rings is 1. The summed E-state index contributed by atoms with van der Waals surface area (Å²) in [7, 11) is -3.85. The van der Waals surface area contributed by atoms with Gasteiger partial charge in [-0.3, -0.25) is 10.1 Å². The zero-order valence-corrected chi connectivity index (χ0v) is 13.8. The summed E-state index contributed by atoms with van der Waals surface area (Å²) in [5.41, 5.74) is -0.383. The molecule has 22 heavy (non-hydrogen) atoms. The van der Waals surface area contributed by atoms with Gasteiger partial charge in [0.15, 0.2) is 4.90 Å². The number of nitrogens with zero attached hydrogens (tertiary/aromatic N) is 2. The van der Waals surface area contributed by atoms with Gasteiger partial charge in [-0.15, -0.1) is 0 Å². The summed E-state index contributed by atoms with van der Waals surface area (Å²) in [6.45, 7) is 4.40. The number of nitro groups is 1. The van der Waals surface area contributed by atoms with Gasteiger partial charge in [0.05, 0.1) is 4.92 Å². The van der Waals surface area contributed by atoms with Gasteiger partial charge < -0.3 is 0 Å². The second kappa shape index (κ2) is 8.65. The molecule has 0 N–H and O–H groups in total. The van der Waals surface area contributed by atoms with Crippen LogP contribution in [0.15, 0.2) is 41.3 Å². The van der Waals surface area contributed by atoms with Crippen LogP contribution in [0.4, 0.5) is 5.69 Å². The molecule has 122 valence electrons. The molecule has 0 bridgehead atoms. The molecule has 0 atom stereocenters. The Balaban J connectivity index is 2.95. The summed E-state index contributed by atoms with van der Waals surface area (Å²) >= 11 is 0. The van der Waals surface area contributed by atoms with Gasteiger partial charge >= 0.3 is 0 Å². The third-order valence-corrected chi connectivity index (χ3v) is 5.23. The third-order valence-electron chi connectivity index (χ3n) is 3.21. The van der Waals surface area contributed by atoms with E-state index in [2.05, 4.69) is 0 Å². The van der Waals surface area contributed by atoms with Gasteiger partial charge in [0.25, 0.3) is 5.69 Å². The van der Waals surface area contributed by atoms with Crippen molar-refractivity contribution in [2.45, 2.75) is 38.0 Å². The number of sulfonamides is 1. The van der Waals surface area contributed by atoms with E-state index in [1.165, 1.54) is 28.6 Å². The maximum absolute atomic E-state index is 12.6. The Bertz CT molecular complexity index is 626. The van der Waals surface area contributed by atoms with Crippen molar-refractivity contribution >= 4 is 15.7 Å². The maximum atomic E-state index is 12.6. The van der Waals surface area contributed by atoms with Gasteiger partial charge in [0.2, 0.25) is 10.0 Å². The molecule has 0 saturated carbocycles. The minimum atomic E-state index is -3.85. The number of allylic oxidation sites excluding steroid dienone is 2. The Morgan fingerprint density at radius 2 is 1.91 bits per heavy atom. The molecule has 0 unspecified atom stereocenters. The molecule has 0 saturated heterocycles. The number of unbranched alkanes of at least 4 members (excludes halogenated alkanes) is 1. The van der Waals surface area contributed by atoms with Crippen molar-refractivity contribution in [3.05, 3.63) is 46.5 Å². The van der Waals surface area contributed by atoms with Gasteiger partial charge in [-0.25, -0.2) is 8.42 Å². The molecule has 7 heteroatoms. The van der Waals surface area contributed by atoms with Crippen molar-refractivity contribution in [2.24, 2.45) is 0 Å². The summed E-state index contributed by atoms with van der Waals surface area (Å²) in [6, 6.07) is 5.46. The average Bonchev–Trinajstić information content (AvgIpc) is 2.50. The van der Waals surface area contributed by atoms with Gasteiger partial charge in [-0.05, 0) is 25.3 Å². The first kappa shape index (κ1) is 18.3. The molecule has 6 nitrogen and oxygen atoms in total. The fourth-order valence-electron chi connectivity index (χ4n) is 2.08. The zero-order valence-electron chi connectivity index (χ0n) is 12.9. The third kappa shape index (κ3) is 4.64. The van der Waals surface area contributed by atoms with Crippen LogP contribution in [0.25, 0.3) is 0 Å². The monoisotopic (exact) mass is 326 g/mol. The van der Waals surface area contributed by atoms with E-state index in [0.29, 0.717) is 13.0 Å². The topological polar surface area (TPSA) is 80.5 Å². The largest absolute Gasteiger partial charge is 0.289 e. The van der Waals surface area contributed by atoms with Crippen LogP contribution in [0.1, 0.15) is 33.1 Å². The molecule has 1 rings (SSSR count). The highest BCUT2D eigenvalue weighted by molar-refractivity contribution is 7.89. The number of hydrogen-bond acceptors (Lipinski definition) is 4. The van der Waals surface area contributed by atoms with Gasteiger partial charge in [0.1, 0.15) is 0 Å². The lowest BCUT2D eigenvalue weighted by Crippen LogP contribution is -2.32. The van der Waals surface area contributed by atoms with Gasteiger partial charge in [0, 0.05) is 19.2 Å². The number of hydrogen-bond donors (Lipinski definition) is 0. The highest BCUT2D eigenvalue weighted by Crippen LogP contribution is 2.26. The van der Waals surface area contributed by atoms with E-state index in [1.54, 1.807) is 6.92 Å². The Morgan fingerprint density at radius 1 is 1.23 bits per heavy atom. The first-order valence-electron chi connectivity index (χ1n) is 7.33. The molecule has 0 amide bonds. The number of para-hydroxylation sites is 1. The molecule has 0 fully saturated rings. The summed E-state index contributed by atoms with van der Waals surface area (Å²) in [5, 5.41) is 11.0. The first-order valence-corrected chi connectivity index (χ1v) is 8.77. The second-order valence-electron chi connectivity index (χ2n) is 4.74. The van der Waals surface area contributed by atoms with Crippen LogP contribution in [0.3, 0.4) is 0 Å². The second-order valence-corrected chi connectivity index (χ2v) is 6.65. The summed E-state index contributed by atoms with van der Waals surface area (Å²) in [6.07, 6.45) is 6.48. The fraction of sp³-hybridized carbons (Fsp3) is 0.467. The lowest BCUT2D eigenvalue weighted by Gasteiger charge is -2.20. The highest BCUT2D eigenvalue weighted by atomic mass is 32.2. The summed E-state index contributed by atoms with van der Waals surface area (Å²) in [4.78, 5) is 10.1. The van der Waals surface area contributed by atoms with Crippen molar-refractivity contribution < 1.29 is 13.3 Å². The molecule has 0 aliphatic heterocycles. The van der Waals surface area contributed by atoms with Crippen LogP contribution >= 0.6 is 0 Å². The molecule has 1 aromatic rings. The average molecular weight is 326 g/mol. The minimum Gasteiger partial charge on any atom is -0.258 e. The van der Waals surface area contributed by atoms with E-state index in [-0.39, 0.29) is 17.1 Å². The van der Waals surface area contributed by atoms with Crippen LogP contribution in [0, 0.1) is 10.1 Å². The predicted octanol–water partition coefficient (Wildman–Crippen LogP) is 3.35. The van der Waals surface area contributed by atoms with Crippen LogP contribution in [0.5, 0.6) is 0 Å². The van der Waals surface area contributed by atoms with Crippen LogP contribution in [0.2, 0.25) is 0 Å². The van der Waals surface area contributed by atoms with Gasteiger partial charge in [-0.1, -0.05) is 38.1 Å². The SMILES string of the molecule is CC/C=C\CCCN(CC)S(=O)(=O)c1ccccc1[N+](=O)[O-]. The summed E-state index contributed by atoms with van der Waals surface area (Å²) in [5.74, 6) is 0. The van der Waals surface area contributed by atoms with E-state index in [4.69, 9.17) is 0 Å². The lowest BCUT2D eigenvalue weighted by atomic mass is 10.2.